The highest BCUT2D eigenvalue weighted by atomic mass is 15.0. The molecule has 0 aliphatic carbocycles. The Morgan fingerprint density at radius 3 is 2.15 bits per heavy atom. The Balaban J connectivity index is 1.87. The molecule has 2 heterocycles. The molecule has 0 aliphatic rings. The number of pyridine rings is 1. The zero-order valence-electron chi connectivity index (χ0n) is 14.6. The van der Waals surface area contributed by atoms with Gasteiger partial charge in [0, 0.05) is 5.39 Å². The molecule has 0 aliphatic heterocycles. The van der Waals surface area contributed by atoms with Crippen molar-refractivity contribution >= 4 is 38.2 Å². The third-order valence-electron chi connectivity index (χ3n) is 5.32. The van der Waals surface area contributed by atoms with Crippen LogP contribution >= 0.6 is 0 Å². The average molecular weight is 344 g/mol. The number of imidazole rings is 1. The summed E-state index contributed by atoms with van der Waals surface area (Å²) in [6, 6.07) is 34.3. The molecule has 0 fully saturated rings. The Kier molecular flexibility index (Phi) is 2.91. The van der Waals surface area contributed by atoms with Crippen LogP contribution in [-0.4, -0.2) is 9.38 Å². The maximum atomic E-state index is 5.00. The van der Waals surface area contributed by atoms with Gasteiger partial charge in [-0.3, -0.25) is 4.40 Å². The molecule has 126 valence electrons. The van der Waals surface area contributed by atoms with Crippen molar-refractivity contribution in [1.82, 2.24) is 9.38 Å². The van der Waals surface area contributed by atoms with Crippen molar-refractivity contribution in [3.63, 3.8) is 0 Å². The molecule has 6 aromatic rings. The van der Waals surface area contributed by atoms with Crippen molar-refractivity contribution in [1.29, 1.82) is 0 Å². The predicted molar refractivity (Wildman–Crippen MR) is 113 cm³/mol. The van der Waals surface area contributed by atoms with Gasteiger partial charge in [0.1, 0.15) is 5.65 Å². The van der Waals surface area contributed by atoms with E-state index in [1.165, 1.54) is 32.8 Å². The van der Waals surface area contributed by atoms with Crippen molar-refractivity contribution < 1.29 is 0 Å². The summed E-state index contributed by atoms with van der Waals surface area (Å²) in [5.41, 5.74) is 5.54. The topological polar surface area (TPSA) is 17.3 Å². The summed E-state index contributed by atoms with van der Waals surface area (Å²) in [6.07, 6.45) is 0. The lowest BCUT2D eigenvalue weighted by Gasteiger charge is -2.11. The Morgan fingerprint density at radius 2 is 1.30 bits per heavy atom. The van der Waals surface area contributed by atoms with Crippen molar-refractivity contribution in [3.05, 3.63) is 97.1 Å². The van der Waals surface area contributed by atoms with Gasteiger partial charge in [-0.15, -0.1) is 0 Å². The van der Waals surface area contributed by atoms with Crippen LogP contribution in [0.3, 0.4) is 0 Å². The normalized spacial score (nSPS) is 11.7. The number of para-hydroxylation sites is 2. The Hall–Kier alpha value is -3.65. The number of fused-ring (bicyclic) bond motifs is 6. The fourth-order valence-electron chi connectivity index (χ4n) is 4.05. The van der Waals surface area contributed by atoms with Crippen LogP contribution in [0.1, 0.15) is 0 Å². The second kappa shape index (κ2) is 5.42. The van der Waals surface area contributed by atoms with E-state index >= 15 is 0 Å². The zero-order chi connectivity index (χ0) is 17.8. The van der Waals surface area contributed by atoms with Gasteiger partial charge in [-0.1, -0.05) is 66.7 Å². The van der Waals surface area contributed by atoms with E-state index in [9.17, 15) is 0 Å². The molecule has 0 unspecified atom stereocenters. The SMILES string of the molecule is c1ccc(-c2cc3cc4ccccc4cc3c3nc4ccccc4n23)cc1. The number of hydrogen-bond acceptors (Lipinski definition) is 1. The number of benzene rings is 4. The summed E-state index contributed by atoms with van der Waals surface area (Å²) >= 11 is 0. The molecule has 0 spiro atoms. The highest BCUT2D eigenvalue weighted by Gasteiger charge is 2.14. The summed E-state index contributed by atoms with van der Waals surface area (Å²) in [6.45, 7) is 0. The van der Waals surface area contributed by atoms with Gasteiger partial charge in [0.25, 0.3) is 0 Å². The summed E-state index contributed by atoms with van der Waals surface area (Å²) in [7, 11) is 0. The van der Waals surface area contributed by atoms with E-state index < -0.39 is 0 Å². The highest BCUT2D eigenvalue weighted by molar-refractivity contribution is 6.07. The van der Waals surface area contributed by atoms with Gasteiger partial charge in [-0.25, -0.2) is 4.98 Å². The molecule has 0 saturated heterocycles. The molecule has 6 rings (SSSR count). The van der Waals surface area contributed by atoms with Crippen molar-refractivity contribution in [2.24, 2.45) is 0 Å². The van der Waals surface area contributed by atoms with Crippen LogP contribution in [0, 0.1) is 0 Å². The Labute approximate surface area is 156 Å². The first-order valence-electron chi connectivity index (χ1n) is 9.17. The van der Waals surface area contributed by atoms with E-state index in [4.69, 9.17) is 4.98 Å². The van der Waals surface area contributed by atoms with E-state index in [2.05, 4.69) is 101 Å². The minimum absolute atomic E-state index is 1.01. The van der Waals surface area contributed by atoms with E-state index in [1.54, 1.807) is 0 Å². The van der Waals surface area contributed by atoms with Gasteiger partial charge < -0.3 is 0 Å². The first kappa shape index (κ1) is 14.5. The predicted octanol–water partition coefficient (Wildman–Crippen LogP) is 6.46. The molecule has 0 N–H and O–H groups in total. The average Bonchev–Trinajstić information content (AvgIpc) is 3.12. The van der Waals surface area contributed by atoms with Crippen LogP contribution in [0.4, 0.5) is 0 Å². The summed E-state index contributed by atoms with van der Waals surface area (Å²) in [4.78, 5) is 5.00. The van der Waals surface area contributed by atoms with Crippen molar-refractivity contribution in [2.75, 3.05) is 0 Å². The second-order valence-corrected chi connectivity index (χ2v) is 6.94. The third-order valence-corrected chi connectivity index (χ3v) is 5.32. The second-order valence-electron chi connectivity index (χ2n) is 6.94. The first-order valence-corrected chi connectivity index (χ1v) is 9.17. The minimum Gasteiger partial charge on any atom is -0.292 e. The van der Waals surface area contributed by atoms with Gasteiger partial charge in [-0.2, -0.15) is 0 Å². The van der Waals surface area contributed by atoms with E-state index in [-0.39, 0.29) is 0 Å². The quantitative estimate of drug-likeness (QED) is 0.313. The number of rotatable bonds is 1. The summed E-state index contributed by atoms with van der Waals surface area (Å²) in [5.74, 6) is 0. The van der Waals surface area contributed by atoms with Gasteiger partial charge in [0.05, 0.1) is 16.7 Å². The third kappa shape index (κ3) is 2.10. The molecule has 0 amide bonds. The molecule has 0 bridgehead atoms. The molecule has 0 saturated carbocycles. The molecule has 2 aromatic heterocycles. The van der Waals surface area contributed by atoms with Gasteiger partial charge in [0.2, 0.25) is 0 Å². The van der Waals surface area contributed by atoms with Crippen LogP contribution < -0.4 is 0 Å². The smallest absolute Gasteiger partial charge is 0.146 e. The van der Waals surface area contributed by atoms with Crippen LogP contribution in [0.2, 0.25) is 0 Å². The van der Waals surface area contributed by atoms with Crippen LogP contribution in [0.15, 0.2) is 97.1 Å². The summed E-state index contributed by atoms with van der Waals surface area (Å²) in [5, 5.41) is 4.90. The fourth-order valence-corrected chi connectivity index (χ4v) is 4.05. The van der Waals surface area contributed by atoms with E-state index in [1.807, 2.05) is 0 Å². The van der Waals surface area contributed by atoms with Crippen LogP contribution in [0.5, 0.6) is 0 Å². The lowest BCUT2D eigenvalue weighted by Crippen LogP contribution is -1.94. The lowest BCUT2D eigenvalue weighted by molar-refractivity contribution is 1.25. The van der Waals surface area contributed by atoms with Crippen LogP contribution in [0.25, 0.3) is 49.5 Å². The van der Waals surface area contributed by atoms with E-state index in [0.29, 0.717) is 0 Å². The lowest BCUT2D eigenvalue weighted by atomic mass is 10.0. The molecule has 27 heavy (non-hydrogen) atoms. The molecule has 0 atom stereocenters. The van der Waals surface area contributed by atoms with Gasteiger partial charge >= 0.3 is 0 Å². The zero-order valence-corrected chi connectivity index (χ0v) is 14.6. The Bertz CT molecular complexity index is 1460. The molecule has 2 heteroatoms. The largest absolute Gasteiger partial charge is 0.292 e. The van der Waals surface area contributed by atoms with Gasteiger partial charge in [0.15, 0.2) is 0 Å². The molecule has 2 nitrogen and oxygen atoms in total. The monoisotopic (exact) mass is 344 g/mol. The Morgan fingerprint density at radius 1 is 0.593 bits per heavy atom. The highest BCUT2D eigenvalue weighted by Crippen LogP contribution is 2.33. The number of hydrogen-bond donors (Lipinski definition) is 0. The molecular formula is C25H16N2. The maximum absolute atomic E-state index is 5.00. The molecular weight excluding hydrogens is 328 g/mol. The van der Waals surface area contributed by atoms with Crippen molar-refractivity contribution in [3.8, 4) is 11.3 Å². The minimum atomic E-state index is 1.01. The number of aromatic nitrogens is 2. The van der Waals surface area contributed by atoms with E-state index in [0.717, 1.165) is 16.7 Å². The van der Waals surface area contributed by atoms with Crippen LogP contribution in [-0.2, 0) is 0 Å². The van der Waals surface area contributed by atoms with Gasteiger partial charge in [-0.05, 0) is 52.1 Å². The molecule has 4 aromatic carbocycles. The number of nitrogens with zero attached hydrogens (tertiary/aromatic N) is 2. The molecule has 0 radical (unpaired) electrons. The van der Waals surface area contributed by atoms with Crippen molar-refractivity contribution in [2.45, 2.75) is 0 Å². The maximum Gasteiger partial charge on any atom is 0.146 e. The standard InChI is InChI=1S/C25H16N2/c1-2-8-17(9-3-1)24-16-20-14-18-10-4-5-11-19(18)15-21(20)25-26-22-12-6-7-13-23(22)27(24)25/h1-16H. The summed E-state index contributed by atoms with van der Waals surface area (Å²) < 4.78 is 2.29. The first-order chi connectivity index (χ1) is 13.4. The fraction of sp³-hybridized carbons (Fsp3) is 0.